The maximum Gasteiger partial charge on any atom is 0.216 e. The molecule has 4 aromatic carbocycles. The number of hydrogen-bond acceptors (Lipinski definition) is 5. The molecule has 5 heterocycles. The summed E-state index contributed by atoms with van der Waals surface area (Å²) >= 11 is 0. The van der Waals surface area contributed by atoms with Crippen molar-refractivity contribution in [3.8, 4) is 28.3 Å². The molecule has 47 heavy (non-hydrogen) atoms. The number of nitrogens with zero attached hydrogens (tertiary/aromatic N) is 5. The van der Waals surface area contributed by atoms with Crippen LogP contribution in [0.25, 0.3) is 72.3 Å². The zero-order chi connectivity index (χ0) is 31.0. The third kappa shape index (κ3) is 5.50. The molecule has 9 aromatic rings. The second-order valence-electron chi connectivity index (χ2n) is 11.0. The maximum absolute atomic E-state index is 6.31. The molecule has 0 fully saturated rings. The van der Waals surface area contributed by atoms with Crippen molar-refractivity contribution in [3.63, 3.8) is 0 Å². The van der Waals surface area contributed by atoms with E-state index in [1.165, 1.54) is 0 Å². The van der Waals surface area contributed by atoms with Crippen LogP contribution in [-0.4, -0.2) is 24.5 Å². The van der Waals surface area contributed by atoms with E-state index < -0.39 is 0 Å². The van der Waals surface area contributed by atoms with E-state index in [1.54, 1.807) is 6.20 Å². The molecular formula is C40H27IrN5O-2. The van der Waals surface area contributed by atoms with Gasteiger partial charge in [0.05, 0.1) is 33.7 Å². The molecule has 0 bridgehead atoms. The fourth-order valence-electron chi connectivity index (χ4n) is 5.90. The predicted octanol–water partition coefficient (Wildman–Crippen LogP) is 9.50. The van der Waals surface area contributed by atoms with Crippen molar-refractivity contribution in [2.45, 2.75) is 13.8 Å². The zero-order valence-electron chi connectivity index (χ0n) is 25.6. The summed E-state index contributed by atoms with van der Waals surface area (Å²) < 4.78 is 8.48. The van der Waals surface area contributed by atoms with Crippen molar-refractivity contribution in [1.29, 1.82) is 0 Å². The van der Waals surface area contributed by atoms with Gasteiger partial charge in [0.15, 0.2) is 0 Å². The molecule has 7 heteroatoms. The fourth-order valence-corrected chi connectivity index (χ4v) is 5.90. The summed E-state index contributed by atoms with van der Waals surface area (Å²) in [6, 6.07) is 46.7. The van der Waals surface area contributed by atoms with E-state index in [-0.39, 0.29) is 20.1 Å². The SMILES string of the molecule is Cc1ccc2c(n1)oc1c(-c3nc4c5ccccc5nc(C)c4n3-c3ccccc3)[c-]ccc12.[Ir].[c-]1ccccc1-c1ccccn1. The van der Waals surface area contributed by atoms with Crippen molar-refractivity contribution in [2.75, 3.05) is 0 Å². The molecule has 0 aliphatic heterocycles. The Balaban J connectivity index is 0.000000228. The van der Waals surface area contributed by atoms with Gasteiger partial charge in [0.25, 0.3) is 0 Å². The molecule has 5 aromatic heterocycles. The van der Waals surface area contributed by atoms with Crippen molar-refractivity contribution in [1.82, 2.24) is 24.5 Å². The number of aryl methyl sites for hydroxylation is 2. The Labute approximate surface area is 285 Å². The zero-order valence-corrected chi connectivity index (χ0v) is 28.0. The van der Waals surface area contributed by atoms with E-state index in [2.05, 4.69) is 50.9 Å². The quantitative estimate of drug-likeness (QED) is 0.167. The van der Waals surface area contributed by atoms with Crippen molar-refractivity contribution < 1.29 is 24.5 Å². The van der Waals surface area contributed by atoms with Gasteiger partial charge in [-0.15, -0.1) is 54.1 Å². The van der Waals surface area contributed by atoms with Crippen LogP contribution < -0.4 is 0 Å². The van der Waals surface area contributed by atoms with E-state index in [0.717, 1.165) is 78.0 Å². The number of fused-ring (bicyclic) bond motifs is 6. The van der Waals surface area contributed by atoms with Crippen LogP contribution in [0.3, 0.4) is 0 Å². The number of pyridine rings is 3. The number of benzene rings is 4. The summed E-state index contributed by atoms with van der Waals surface area (Å²) in [5, 5.41) is 3.01. The average Bonchev–Trinajstić information content (AvgIpc) is 3.69. The number of hydrogen-bond donors (Lipinski definition) is 0. The van der Waals surface area contributed by atoms with Crippen LogP contribution in [0.4, 0.5) is 0 Å². The van der Waals surface area contributed by atoms with E-state index in [1.807, 2.05) is 111 Å². The van der Waals surface area contributed by atoms with Gasteiger partial charge in [0.1, 0.15) is 0 Å². The molecule has 0 aliphatic rings. The summed E-state index contributed by atoms with van der Waals surface area (Å²) in [6.07, 6.45) is 1.79. The topological polar surface area (TPSA) is 69.6 Å². The molecule has 0 saturated heterocycles. The van der Waals surface area contributed by atoms with Crippen LogP contribution in [0.1, 0.15) is 11.4 Å². The Morgan fingerprint density at radius 1 is 0.660 bits per heavy atom. The van der Waals surface area contributed by atoms with Crippen molar-refractivity contribution in [3.05, 3.63) is 151 Å². The maximum atomic E-state index is 6.31. The molecule has 1 radical (unpaired) electrons. The van der Waals surface area contributed by atoms with Crippen molar-refractivity contribution in [2.24, 2.45) is 0 Å². The third-order valence-electron chi connectivity index (χ3n) is 7.99. The number of rotatable bonds is 3. The first-order chi connectivity index (χ1) is 22.7. The van der Waals surface area contributed by atoms with Crippen LogP contribution in [0.2, 0.25) is 0 Å². The van der Waals surface area contributed by atoms with E-state index in [0.29, 0.717) is 5.71 Å². The molecular weight excluding hydrogens is 759 g/mol. The first-order valence-corrected chi connectivity index (χ1v) is 15.1. The van der Waals surface area contributed by atoms with Crippen LogP contribution in [0.5, 0.6) is 0 Å². The normalized spacial score (nSPS) is 11.0. The molecule has 229 valence electrons. The van der Waals surface area contributed by atoms with Gasteiger partial charge in [-0.25, -0.2) is 4.98 Å². The second-order valence-corrected chi connectivity index (χ2v) is 11.0. The Bertz CT molecular complexity index is 2450. The first-order valence-electron chi connectivity index (χ1n) is 15.1. The van der Waals surface area contributed by atoms with Gasteiger partial charge in [-0.2, -0.15) is 0 Å². The predicted molar refractivity (Wildman–Crippen MR) is 184 cm³/mol. The number of imidazole rings is 1. The van der Waals surface area contributed by atoms with Gasteiger partial charge in [-0.05, 0) is 55.9 Å². The van der Waals surface area contributed by atoms with Crippen LogP contribution in [0.15, 0.2) is 132 Å². The molecule has 0 atom stereocenters. The summed E-state index contributed by atoms with van der Waals surface area (Å²) in [5.74, 6) is 0.767. The van der Waals surface area contributed by atoms with Gasteiger partial charge in [0, 0.05) is 48.5 Å². The molecule has 0 spiro atoms. The Hall–Kier alpha value is -5.49. The first kappa shape index (κ1) is 30.2. The van der Waals surface area contributed by atoms with Gasteiger partial charge < -0.3 is 14.0 Å². The largest absolute Gasteiger partial charge is 0.486 e. The van der Waals surface area contributed by atoms with Crippen LogP contribution in [-0.2, 0) is 20.1 Å². The molecule has 0 amide bonds. The number of aromatic nitrogens is 5. The third-order valence-corrected chi connectivity index (χ3v) is 7.99. The molecule has 9 rings (SSSR count). The average molecular weight is 786 g/mol. The van der Waals surface area contributed by atoms with Gasteiger partial charge in [-0.1, -0.05) is 59.5 Å². The van der Waals surface area contributed by atoms with E-state index >= 15 is 0 Å². The fraction of sp³-hybridized carbons (Fsp3) is 0.0500. The smallest absolute Gasteiger partial charge is 0.216 e. The Kier molecular flexibility index (Phi) is 8.17. The Morgan fingerprint density at radius 2 is 1.47 bits per heavy atom. The molecule has 0 saturated carbocycles. The number of furan rings is 1. The monoisotopic (exact) mass is 786 g/mol. The summed E-state index contributed by atoms with van der Waals surface area (Å²) in [5.41, 5.74) is 9.85. The molecule has 0 N–H and O–H groups in total. The summed E-state index contributed by atoms with van der Waals surface area (Å²) in [4.78, 5) is 18.9. The minimum Gasteiger partial charge on any atom is -0.486 e. The minimum atomic E-state index is 0. The Morgan fingerprint density at radius 3 is 2.28 bits per heavy atom. The van der Waals surface area contributed by atoms with Gasteiger partial charge in [0.2, 0.25) is 5.71 Å². The van der Waals surface area contributed by atoms with Gasteiger partial charge >= 0.3 is 0 Å². The van der Waals surface area contributed by atoms with E-state index in [4.69, 9.17) is 14.4 Å². The minimum absolute atomic E-state index is 0. The summed E-state index contributed by atoms with van der Waals surface area (Å²) in [6.45, 7) is 4.01. The van der Waals surface area contributed by atoms with Crippen molar-refractivity contribution >= 4 is 44.0 Å². The standard InChI is InChI=1S/C29H19N4O.C11H8N.Ir/c1-17-15-16-21-20-12-8-13-23(27(20)34-29(21)30-17)28-32-25-22-11-6-7-14-24(22)31-18(2)26(25)33(28)19-9-4-3-5-10-19;1-2-6-10(7-3-1)11-8-4-5-9-12-11;/h3-12,14-16H,1-2H3;1-6,8-9H;/q2*-1;. The molecule has 0 unspecified atom stereocenters. The molecule has 6 nitrogen and oxygen atoms in total. The number of para-hydroxylation sites is 2. The van der Waals surface area contributed by atoms with Gasteiger partial charge in [-0.3, -0.25) is 9.97 Å². The summed E-state index contributed by atoms with van der Waals surface area (Å²) in [7, 11) is 0. The van der Waals surface area contributed by atoms with Crippen LogP contribution >= 0.6 is 0 Å². The van der Waals surface area contributed by atoms with Crippen LogP contribution in [0, 0.1) is 26.0 Å². The second kappa shape index (κ2) is 12.7. The molecule has 0 aliphatic carbocycles. The van der Waals surface area contributed by atoms with E-state index in [9.17, 15) is 0 Å².